The molecule has 5 saturated carbocycles. The Balaban J connectivity index is 1.35. The minimum absolute atomic E-state index is 0.0208. The molecule has 0 spiro atoms. The average Bonchev–Trinajstić information content (AvgIpc) is 3.30. The predicted octanol–water partition coefficient (Wildman–Crippen LogP) is 3.48. The van der Waals surface area contributed by atoms with Gasteiger partial charge in [0.15, 0.2) is 0 Å². The molecule has 5 aliphatic carbocycles. The lowest BCUT2D eigenvalue weighted by atomic mass is 9.52. The van der Waals surface area contributed by atoms with E-state index in [1.54, 1.807) is 0 Å². The summed E-state index contributed by atoms with van der Waals surface area (Å²) in [5, 5.41) is 14.7. The molecule has 6 heteroatoms. The highest BCUT2D eigenvalue weighted by atomic mass is 32.1. The molecule has 2 N–H and O–H groups in total. The van der Waals surface area contributed by atoms with E-state index in [0.29, 0.717) is 28.9 Å². The summed E-state index contributed by atoms with van der Waals surface area (Å²) in [5.74, 6) is 1.96. The Hall–Kier alpha value is -1.14. The van der Waals surface area contributed by atoms with E-state index < -0.39 is 5.60 Å². The summed E-state index contributed by atoms with van der Waals surface area (Å²) in [6.45, 7) is 3.97. The average molecular weight is 377 g/mol. The number of thiazole rings is 1. The van der Waals surface area contributed by atoms with Crippen molar-refractivity contribution in [3.05, 3.63) is 10.6 Å². The molecule has 2 atom stereocenters. The molecule has 0 radical (unpaired) electrons. The van der Waals surface area contributed by atoms with Crippen LogP contribution in [0.15, 0.2) is 0 Å². The molecule has 0 aromatic carbocycles. The van der Waals surface area contributed by atoms with Gasteiger partial charge in [0.1, 0.15) is 4.88 Å². The summed E-state index contributed by atoms with van der Waals surface area (Å²) in [4.78, 5) is 18.5. The second-order valence-corrected chi connectivity index (χ2v) is 10.3. The lowest BCUT2D eigenvalue weighted by Crippen LogP contribution is -2.61. The van der Waals surface area contributed by atoms with Crippen molar-refractivity contribution >= 4 is 17.2 Å². The molecule has 1 amide bonds. The van der Waals surface area contributed by atoms with Gasteiger partial charge in [-0.3, -0.25) is 4.79 Å². The van der Waals surface area contributed by atoms with Gasteiger partial charge >= 0.3 is 0 Å². The molecule has 1 aromatic rings. The van der Waals surface area contributed by atoms with Crippen LogP contribution in [0.5, 0.6) is 5.19 Å². The van der Waals surface area contributed by atoms with Crippen molar-refractivity contribution in [2.75, 3.05) is 0 Å². The standard InChI is InChI=1S/C20H28N2O3S/c1-10(2)25-19-22-16(12-3-4-12)17(26-19)18(23)21-15-13-5-11-6-14(15)9-20(24,7-11)8-13/h10-15,24H,3-9H2,1-2H3,(H,21,23). The molecule has 5 aliphatic rings. The molecule has 0 aliphatic heterocycles. The zero-order chi connectivity index (χ0) is 18.1. The topological polar surface area (TPSA) is 71.5 Å². The summed E-state index contributed by atoms with van der Waals surface area (Å²) < 4.78 is 5.76. The van der Waals surface area contributed by atoms with Gasteiger partial charge in [-0.15, -0.1) is 0 Å². The van der Waals surface area contributed by atoms with Crippen molar-refractivity contribution in [2.45, 2.75) is 82.5 Å². The van der Waals surface area contributed by atoms with E-state index in [0.717, 1.165) is 55.5 Å². The van der Waals surface area contributed by atoms with Crippen molar-refractivity contribution in [3.63, 3.8) is 0 Å². The molecule has 0 saturated heterocycles. The van der Waals surface area contributed by atoms with Crippen molar-refractivity contribution in [1.82, 2.24) is 10.3 Å². The van der Waals surface area contributed by atoms with Crippen LogP contribution in [0, 0.1) is 17.8 Å². The highest BCUT2D eigenvalue weighted by Crippen LogP contribution is 2.55. The summed E-state index contributed by atoms with van der Waals surface area (Å²) in [7, 11) is 0. The number of aromatic nitrogens is 1. The predicted molar refractivity (Wildman–Crippen MR) is 99.6 cm³/mol. The van der Waals surface area contributed by atoms with E-state index in [2.05, 4.69) is 10.3 Å². The summed E-state index contributed by atoms with van der Waals surface area (Å²) in [6.07, 6.45) is 7.29. The molecule has 5 nitrogen and oxygen atoms in total. The number of aliphatic hydroxyl groups is 1. The van der Waals surface area contributed by atoms with E-state index in [9.17, 15) is 9.90 Å². The number of hydrogen-bond acceptors (Lipinski definition) is 5. The Morgan fingerprint density at radius 2 is 1.96 bits per heavy atom. The number of nitrogens with zero attached hydrogens (tertiary/aromatic N) is 1. The van der Waals surface area contributed by atoms with Gasteiger partial charge in [0.05, 0.1) is 17.4 Å². The first-order chi connectivity index (χ1) is 12.4. The van der Waals surface area contributed by atoms with Crippen molar-refractivity contribution in [3.8, 4) is 5.19 Å². The second kappa shape index (κ2) is 5.93. The molecule has 6 rings (SSSR count). The molecule has 26 heavy (non-hydrogen) atoms. The third-order valence-electron chi connectivity index (χ3n) is 6.68. The van der Waals surface area contributed by atoms with Crippen LogP contribution in [0.4, 0.5) is 0 Å². The Morgan fingerprint density at radius 1 is 1.27 bits per heavy atom. The highest BCUT2D eigenvalue weighted by molar-refractivity contribution is 7.15. The lowest BCUT2D eigenvalue weighted by Gasteiger charge is -2.58. The number of amides is 1. The van der Waals surface area contributed by atoms with Gasteiger partial charge in [-0.1, -0.05) is 11.3 Å². The van der Waals surface area contributed by atoms with Crippen LogP contribution in [0.2, 0.25) is 0 Å². The summed E-state index contributed by atoms with van der Waals surface area (Å²) in [6, 6.07) is 0.211. The van der Waals surface area contributed by atoms with Gasteiger partial charge < -0.3 is 15.2 Å². The smallest absolute Gasteiger partial charge is 0.274 e. The fraction of sp³-hybridized carbons (Fsp3) is 0.800. The molecule has 5 fully saturated rings. The number of carbonyl (C=O) groups excluding carboxylic acids is 1. The van der Waals surface area contributed by atoms with Gasteiger partial charge in [-0.05, 0) is 76.5 Å². The fourth-order valence-corrected chi connectivity index (χ4v) is 6.82. The van der Waals surface area contributed by atoms with Crippen molar-refractivity contribution in [1.29, 1.82) is 0 Å². The molecule has 1 aromatic heterocycles. The largest absolute Gasteiger partial charge is 0.467 e. The SMILES string of the molecule is CC(C)Oc1nc(C2CC2)c(C(=O)NC2C3CC4CC2CC(O)(C4)C3)s1. The van der Waals surface area contributed by atoms with Gasteiger partial charge in [-0.25, -0.2) is 4.98 Å². The van der Waals surface area contributed by atoms with Crippen molar-refractivity contribution in [2.24, 2.45) is 17.8 Å². The Morgan fingerprint density at radius 3 is 2.54 bits per heavy atom. The molecule has 2 unspecified atom stereocenters. The third kappa shape index (κ3) is 2.95. The Kier molecular flexibility index (Phi) is 3.87. The van der Waals surface area contributed by atoms with Gasteiger partial charge in [-0.2, -0.15) is 0 Å². The van der Waals surface area contributed by atoms with Crippen LogP contribution in [0.1, 0.15) is 80.1 Å². The first-order valence-corrected chi connectivity index (χ1v) is 10.9. The quantitative estimate of drug-likeness (QED) is 0.825. The lowest BCUT2D eigenvalue weighted by molar-refractivity contribution is -0.136. The zero-order valence-electron chi connectivity index (χ0n) is 15.5. The molecular weight excluding hydrogens is 348 g/mol. The van der Waals surface area contributed by atoms with E-state index in [1.165, 1.54) is 11.3 Å². The first-order valence-electron chi connectivity index (χ1n) is 10.1. The van der Waals surface area contributed by atoms with Crippen LogP contribution in [-0.4, -0.2) is 33.7 Å². The zero-order valence-corrected chi connectivity index (χ0v) is 16.3. The minimum Gasteiger partial charge on any atom is -0.467 e. The minimum atomic E-state index is -0.459. The maximum absolute atomic E-state index is 13.1. The van der Waals surface area contributed by atoms with Crippen LogP contribution < -0.4 is 10.1 Å². The number of carbonyl (C=O) groups is 1. The number of rotatable bonds is 5. The van der Waals surface area contributed by atoms with Crippen LogP contribution in [-0.2, 0) is 0 Å². The van der Waals surface area contributed by atoms with Crippen LogP contribution in [0.3, 0.4) is 0 Å². The van der Waals surface area contributed by atoms with Crippen LogP contribution in [0.25, 0.3) is 0 Å². The van der Waals surface area contributed by atoms with Crippen molar-refractivity contribution < 1.29 is 14.6 Å². The molecule has 142 valence electrons. The Labute approximate surface area is 158 Å². The second-order valence-electron chi connectivity index (χ2n) is 9.33. The normalized spacial score (nSPS) is 38.0. The van der Waals surface area contributed by atoms with E-state index in [4.69, 9.17) is 4.74 Å². The summed E-state index contributed by atoms with van der Waals surface area (Å²) >= 11 is 1.39. The van der Waals surface area contributed by atoms with E-state index in [1.807, 2.05) is 13.8 Å². The molecular formula is C20H28N2O3S. The molecule has 1 heterocycles. The summed E-state index contributed by atoms with van der Waals surface area (Å²) in [5.41, 5.74) is 0.477. The third-order valence-corrected chi connectivity index (χ3v) is 7.64. The van der Waals surface area contributed by atoms with E-state index >= 15 is 0 Å². The maximum Gasteiger partial charge on any atom is 0.274 e. The number of hydrogen-bond donors (Lipinski definition) is 2. The first kappa shape index (κ1) is 17.0. The number of ether oxygens (including phenoxy) is 1. The van der Waals surface area contributed by atoms with Gasteiger partial charge in [0.25, 0.3) is 11.1 Å². The van der Waals surface area contributed by atoms with Gasteiger partial charge in [0.2, 0.25) is 0 Å². The number of nitrogens with one attached hydrogen (secondary N) is 1. The van der Waals surface area contributed by atoms with Crippen LogP contribution >= 0.6 is 11.3 Å². The Bertz CT molecular complexity index is 711. The monoisotopic (exact) mass is 376 g/mol. The molecule has 4 bridgehead atoms. The maximum atomic E-state index is 13.1. The van der Waals surface area contributed by atoms with E-state index in [-0.39, 0.29) is 18.1 Å². The fourth-order valence-electron chi connectivity index (χ4n) is 5.79. The highest BCUT2D eigenvalue weighted by Gasteiger charge is 2.55. The van der Waals surface area contributed by atoms with Gasteiger partial charge in [0, 0.05) is 12.0 Å².